The van der Waals surface area contributed by atoms with Gasteiger partial charge in [0.2, 0.25) is 0 Å². The van der Waals surface area contributed by atoms with E-state index >= 15 is 0 Å². The van der Waals surface area contributed by atoms with Gasteiger partial charge < -0.3 is 4.90 Å². The summed E-state index contributed by atoms with van der Waals surface area (Å²) in [6, 6.07) is 62.2. The highest BCUT2D eigenvalue weighted by Crippen LogP contribution is 2.64. The quantitative estimate of drug-likeness (QED) is 0.178. The third-order valence-corrected chi connectivity index (χ3v) is 12.2. The first-order valence-corrected chi connectivity index (χ1v) is 19.3. The molecule has 10 rings (SSSR count). The monoisotopic (exact) mass is 695 g/mol. The third kappa shape index (κ3) is 4.70. The van der Waals surface area contributed by atoms with Crippen molar-refractivity contribution >= 4 is 38.6 Å². The first-order valence-electron chi connectivity index (χ1n) is 19.3. The Morgan fingerprint density at radius 2 is 0.889 bits per heavy atom. The summed E-state index contributed by atoms with van der Waals surface area (Å²) >= 11 is 0. The Balaban J connectivity index is 1.23. The van der Waals surface area contributed by atoms with Gasteiger partial charge in [0.15, 0.2) is 0 Å². The van der Waals surface area contributed by atoms with Crippen LogP contribution in [0.15, 0.2) is 164 Å². The lowest BCUT2D eigenvalue weighted by atomic mass is 9.69. The van der Waals surface area contributed by atoms with E-state index in [4.69, 9.17) is 0 Å². The van der Waals surface area contributed by atoms with Gasteiger partial charge in [-0.05, 0) is 137 Å². The van der Waals surface area contributed by atoms with E-state index in [9.17, 15) is 0 Å². The summed E-state index contributed by atoms with van der Waals surface area (Å²) in [6.45, 7) is 13.7. The average Bonchev–Trinajstić information content (AvgIpc) is 3.64. The molecule has 2 aliphatic rings. The summed E-state index contributed by atoms with van der Waals surface area (Å²) in [4.78, 5) is 2.42. The molecule has 0 fully saturated rings. The molecule has 0 aliphatic heterocycles. The van der Waals surface area contributed by atoms with Crippen molar-refractivity contribution in [2.24, 2.45) is 0 Å². The molecule has 0 saturated carbocycles. The van der Waals surface area contributed by atoms with Crippen LogP contribution in [0, 0.1) is 0 Å². The van der Waals surface area contributed by atoms with Gasteiger partial charge in [0, 0.05) is 17.1 Å². The standard InChI is InChI=1S/C53H45N/c1-51(2,3)37-21-26-39(27-22-37)54(40-28-23-38(24-29-40)52(4,5)6)41-25-19-35-32-46-45-30-20-34-13-7-8-14-42(34)50(45)53(49(46)33-36(35)31-41)47-17-11-9-15-43(47)44-16-10-12-18-48(44)53/h7-33H,1-6H3. The van der Waals surface area contributed by atoms with Crippen LogP contribution in [-0.4, -0.2) is 0 Å². The Bertz CT molecular complexity index is 2670. The second kappa shape index (κ2) is 11.5. The normalized spacial score (nSPS) is 13.9. The molecular weight excluding hydrogens is 651 g/mol. The van der Waals surface area contributed by atoms with E-state index in [0.29, 0.717) is 0 Å². The summed E-state index contributed by atoms with van der Waals surface area (Å²) in [6.07, 6.45) is 0. The molecule has 0 saturated heterocycles. The number of rotatable bonds is 3. The van der Waals surface area contributed by atoms with Crippen LogP contribution in [0.2, 0.25) is 0 Å². The van der Waals surface area contributed by atoms with Gasteiger partial charge in [0.25, 0.3) is 0 Å². The molecule has 0 atom stereocenters. The van der Waals surface area contributed by atoms with E-state index < -0.39 is 5.41 Å². The highest BCUT2D eigenvalue weighted by atomic mass is 15.1. The minimum absolute atomic E-state index is 0.0807. The summed E-state index contributed by atoms with van der Waals surface area (Å²) in [5.74, 6) is 0. The van der Waals surface area contributed by atoms with Gasteiger partial charge in [-0.25, -0.2) is 0 Å². The van der Waals surface area contributed by atoms with Crippen molar-refractivity contribution in [3.8, 4) is 22.3 Å². The number of nitrogens with zero attached hydrogens (tertiary/aromatic N) is 1. The predicted octanol–water partition coefficient (Wildman–Crippen LogP) is 14.4. The molecule has 0 N–H and O–H groups in total. The van der Waals surface area contributed by atoms with Crippen LogP contribution in [0.1, 0.15) is 74.9 Å². The van der Waals surface area contributed by atoms with Crippen molar-refractivity contribution in [2.45, 2.75) is 57.8 Å². The van der Waals surface area contributed by atoms with E-state index in [1.807, 2.05) is 0 Å². The molecule has 0 bridgehead atoms. The topological polar surface area (TPSA) is 3.24 Å². The summed E-state index contributed by atoms with van der Waals surface area (Å²) in [5, 5.41) is 5.10. The second-order valence-electron chi connectivity index (χ2n) is 17.4. The van der Waals surface area contributed by atoms with Crippen molar-refractivity contribution < 1.29 is 0 Å². The van der Waals surface area contributed by atoms with E-state index in [-0.39, 0.29) is 10.8 Å². The molecule has 1 nitrogen and oxygen atoms in total. The smallest absolute Gasteiger partial charge is 0.0731 e. The Hall–Kier alpha value is -5.92. The van der Waals surface area contributed by atoms with Crippen molar-refractivity contribution in [3.05, 3.63) is 197 Å². The number of hydrogen-bond donors (Lipinski definition) is 0. The molecule has 2 aliphatic carbocycles. The molecule has 8 aromatic carbocycles. The molecule has 1 heteroatoms. The highest BCUT2D eigenvalue weighted by Gasteiger charge is 2.52. The zero-order valence-corrected chi connectivity index (χ0v) is 32.0. The van der Waals surface area contributed by atoms with Gasteiger partial charge in [-0.2, -0.15) is 0 Å². The predicted molar refractivity (Wildman–Crippen MR) is 230 cm³/mol. The van der Waals surface area contributed by atoms with Crippen LogP contribution < -0.4 is 4.90 Å². The SMILES string of the molecule is CC(C)(C)c1ccc(N(c2ccc(C(C)(C)C)cc2)c2ccc3cc4c(cc3c2)C2(c3ccccc3-c3ccccc32)c2c-4ccc3ccccc23)cc1. The first-order chi connectivity index (χ1) is 26.0. The maximum atomic E-state index is 2.52. The van der Waals surface area contributed by atoms with Gasteiger partial charge in [-0.15, -0.1) is 0 Å². The fourth-order valence-corrected chi connectivity index (χ4v) is 9.45. The molecule has 0 amide bonds. The molecular formula is C53H45N. The zero-order chi connectivity index (χ0) is 37.0. The van der Waals surface area contributed by atoms with E-state index in [1.165, 1.54) is 77.2 Å². The lowest BCUT2D eigenvalue weighted by Gasteiger charge is -2.32. The summed E-state index contributed by atoms with van der Waals surface area (Å²) in [7, 11) is 0. The minimum Gasteiger partial charge on any atom is -0.310 e. The van der Waals surface area contributed by atoms with Crippen LogP contribution >= 0.6 is 0 Å². The van der Waals surface area contributed by atoms with Gasteiger partial charge in [0.1, 0.15) is 0 Å². The Morgan fingerprint density at radius 3 is 1.48 bits per heavy atom. The third-order valence-electron chi connectivity index (χ3n) is 12.2. The Kier molecular flexibility index (Phi) is 6.99. The second-order valence-corrected chi connectivity index (χ2v) is 17.4. The van der Waals surface area contributed by atoms with Crippen LogP contribution in [0.3, 0.4) is 0 Å². The first kappa shape index (κ1) is 32.7. The summed E-state index contributed by atoms with van der Waals surface area (Å²) < 4.78 is 0. The molecule has 8 aromatic rings. The van der Waals surface area contributed by atoms with Crippen LogP contribution in [-0.2, 0) is 16.2 Å². The Labute approximate surface area is 319 Å². The molecule has 1 spiro atoms. The summed E-state index contributed by atoms with van der Waals surface area (Å²) in [5.41, 5.74) is 16.7. The van der Waals surface area contributed by atoms with Crippen molar-refractivity contribution in [3.63, 3.8) is 0 Å². The molecule has 0 aromatic heterocycles. The average molecular weight is 696 g/mol. The van der Waals surface area contributed by atoms with Crippen molar-refractivity contribution in [1.82, 2.24) is 0 Å². The molecule has 0 heterocycles. The van der Waals surface area contributed by atoms with E-state index in [0.717, 1.165) is 17.1 Å². The molecule has 0 radical (unpaired) electrons. The van der Waals surface area contributed by atoms with Gasteiger partial charge in [-0.3, -0.25) is 0 Å². The maximum absolute atomic E-state index is 2.52. The number of fused-ring (bicyclic) bond motifs is 13. The largest absolute Gasteiger partial charge is 0.310 e. The van der Waals surface area contributed by atoms with Gasteiger partial charge in [0.05, 0.1) is 5.41 Å². The van der Waals surface area contributed by atoms with Crippen LogP contribution in [0.5, 0.6) is 0 Å². The van der Waals surface area contributed by atoms with Gasteiger partial charge in [-0.1, -0.05) is 157 Å². The lowest BCUT2D eigenvalue weighted by Crippen LogP contribution is -2.26. The fourth-order valence-electron chi connectivity index (χ4n) is 9.45. The minimum atomic E-state index is -0.422. The molecule has 0 unspecified atom stereocenters. The Morgan fingerprint density at radius 1 is 0.370 bits per heavy atom. The number of anilines is 3. The molecule has 54 heavy (non-hydrogen) atoms. The lowest BCUT2D eigenvalue weighted by molar-refractivity contribution is 0.590. The van der Waals surface area contributed by atoms with Crippen molar-refractivity contribution in [2.75, 3.05) is 4.90 Å². The van der Waals surface area contributed by atoms with E-state index in [2.05, 4.69) is 210 Å². The van der Waals surface area contributed by atoms with Gasteiger partial charge >= 0.3 is 0 Å². The number of benzene rings is 8. The van der Waals surface area contributed by atoms with Crippen LogP contribution in [0.4, 0.5) is 17.1 Å². The van der Waals surface area contributed by atoms with Crippen LogP contribution in [0.25, 0.3) is 43.8 Å². The zero-order valence-electron chi connectivity index (χ0n) is 32.0. The maximum Gasteiger partial charge on any atom is 0.0731 e. The van der Waals surface area contributed by atoms with Crippen molar-refractivity contribution in [1.29, 1.82) is 0 Å². The fraction of sp³-hybridized carbons (Fsp3) is 0.170. The number of hydrogen-bond acceptors (Lipinski definition) is 1. The van der Waals surface area contributed by atoms with E-state index in [1.54, 1.807) is 0 Å². The molecule has 262 valence electrons. The highest BCUT2D eigenvalue weighted by molar-refractivity contribution is 6.06.